The van der Waals surface area contributed by atoms with Crippen LogP contribution in [0.1, 0.15) is 6.42 Å². The second kappa shape index (κ2) is 2.46. The van der Waals surface area contributed by atoms with Gasteiger partial charge in [0.15, 0.2) is 0 Å². The maximum Gasteiger partial charge on any atom is 0.0736 e. The molecule has 0 spiro atoms. The lowest BCUT2D eigenvalue weighted by molar-refractivity contribution is 0.497. The second-order valence-corrected chi connectivity index (χ2v) is 2.71. The van der Waals surface area contributed by atoms with E-state index in [1.807, 2.05) is 12.3 Å². The van der Waals surface area contributed by atoms with E-state index in [9.17, 15) is 0 Å². The zero-order valence-electron chi connectivity index (χ0n) is 5.88. The predicted molar refractivity (Wildman–Crippen MR) is 40.6 cm³/mol. The van der Waals surface area contributed by atoms with Gasteiger partial charge in [0, 0.05) is 12.7 Å². The Morgan fingerprint density at radius 1 is 1.60 bits per heavy atom. The van der Waals surface area contributed by atoms with Gasteiger partial charge in [0.25, 0.3) is 0 Å². The summed E-state index contributed by atoms with van der Waals surface area (Å²) < 4.78 is 0. The van der Waals surface area contributed by atoms with Crippen molar-refractivity contribution in [1.29, 1.82) is 0 Å². The van der Waals surface area contributed by atoms with Crippen molar-refractivity contribution in [2.75, 3.05) is 13.1 Å². The van der Waals surface area contributed by atoms with E-state index in [2.05, 4.69) is 16.7 Å². The second-order valence-electron chi connectivity index (χ2n) is 2.71. The normalized spacial score (nSPS) is 30.4. The zero-order chi connectivity index (χ0) is 6.81. The first-order chi connectivity index (χ1) is 4.97. The van der Waals surface area contributed by atoms with Gasteiger partial charge in [0.05, 0.1) is 6.04 Å². The molecule has 1 atom stereocenters. The average molecular weight is 135 g/mol. The molecule has 53 valence electrons. The maximum atomic E-state index is 4.36. The molecule has 0 aromatic rings. The van der Waals surface area contributed by atoms with Gasteiger partial charge in [-0.3, -0.25) is 5.32 Å². The Morgan fingerprint density at radius 3 is 3.50 bits per heavy atom. The molecule has 1 N–H and O–H groups in total. The quantitative estimate of drug-likeness (QED) is 0.511. The van der Waals surface area contributed by atoms with Crippen LogP contribution in [0.3, 0.4) is 0 Å². The van der Waals surface area contributed by atoms with Gasteiger partial charge in [-0.2, -0.15) is 0 Å². The Labute approximate surface area is 61.0 Å². The van der Waals surface area contributed by atoms with Gasteiger partial charge in [-0.15, -0.1) is 0 Å². The van der Waals surface area contributed by atoms with Crippen LogP contribution in [0.15, 0.2) is 23.9 Å². The summed E-state index contributed by atoms with van der Waals surface area (Å²) in [5.74, 6) is 0. The molecule has 1 unspecified atom stereocenters. The van der Waals surface area contributed by atoms with Crippen molar-refractivity contribution in [3.05, 3.63) is 23.9 Å². The van der Waals surface area contributed by atoms with Crippen LogP contribution >= 0.6 is 0 Å². The van der Waals surface area contributed by atoms with E-state index in [0.29, 0.717) is 6.04 Å². The summed E-state index contributed by atoms with van der Waals surface area (Å²) in [5.41, 5.74) is 1.44. The first-order valence-corrected chi connectivity index (χ1v) is 3.73. The van der Waals surface area contributed by atoms with Gasteiger partial charge >= 0.3 is 0 Å². The lowest BCUT2D eigenvalue weighted by Crippen LogP contribution is -2.38. The van der Waals surface area contributed by atoms with Crippen LogP contribution in [-0.4, -0.2) is 19.1 Å². The van der Waals surface area contributed by atoms with Gasteiger partial charge in [-0.05, 0) is 24.6 Å². The first-order valence-electron chi connectivity index (χ1n) is 3.73. The van der Waals surface area contributed by atoms with Crippen LogP contribution in [0.2, 0.25) is 0 Å². The molecule has 0 aromatic heterocycles. The highest BCUT2D eigenvalue weighted by Crippen LogP contribution is 2.14. The molecule has 1 radical (unpaired) electrons. The Kier molecular flexibility index (Phi) is 1.47. The number of hydrogen-bond donors (Lipinski definition) is 1. The van der Waals surface area contributed by atoms with Crippen LogP contribution in [0.5, 0.6) is 0 Å². The predicted octanol–water partition coefficient (Wildman–Crippen LogP) is 0.406. The first kappa shape index (κ1) is 5.98. The lowest BCUT2D eigenvalue weighted by atomic mass is 9.98. The third-order valence-electron chi connectivity index (χ3n) is 2.01. The number of hydrogen-bond acceptors (Lipinski definition) is 1. The number of nitrogens with one attached hydrogen (secondary N) is 1. The molecular weight excluding hydrogens is 124 g/mol. The minimum absolute atomic E-state index is 0.492. The Hall–Kier alpha value is -0.760. The van der Waals surface area contributed by atoms with Gasteiger partial charge in [-0.1, -0.05) is 6.08 Å². The molecule has 0 amide bonds. The molecule has 1 fully saturated rings. The van der Waals surface area contributed by atoms with Gasteiger partial charge in [-0.25, -0.2) is 0 Å². The SMILES string of the molecule is C1=C[N]C2CCNCC2=C1. The van der Waals surface area contributed by atoms with E-state index in [-0.39, 0.29) is 0 Å². The summed E-state index contributed by atoms with van der Waals surface area (Å²) in [6.07, 6.45) is 7.25. The van der Waals surface area contributed by atoms with Crippen molar-refractivity contribution in [2.45, 2.75) is 12.5 Å². The van der Waals surface area contributed by atoms with Crippen molar-refractivity contribution >= 4 is 0 Å². The van der Waals surface area contributed by atoms with Gasteiger partial charge in [0.2, 0.25) is 0 Å². The third kappa shape index (κ3) is 0.948. The fraction of sp³-hybridized carbons (Fsp3) is 0.500. The van der Waals surface area contributed by atoms with Crippen molar-refractivity contribution in [1.82, 2.24) is 10.6 Å². The molecule has 2 heterocycles. The van der Waals surface area contributed by atoms with E-state index in [1.165, 1.54) is 5.57 Å². The van der Waals surface area contributed by atoms with Crippen LogP contribution in [0.25, 0.3) is 0 Å². The third-order valence-corrected chi connectivity index (χ3v) is 2.01. The summed E-state index contributed by atoms with van der Waals surface area (Å²) in [4.78, 5) is 0. The number of piperidine rings is 1. The number of allylic oxidation sites excluding steroid dienone is 2. The van der Waals surface area contributed by atoms with E-state index < -0.39 is 0 Å². The Balaban J connectivity index is 2.14. The molecule has 10 heavy (non-hydrogen) atoms. The standard InChI is InChI=1S/C8H11N2/c1-2-7-6-9-5-3-8(7)10-4-1/h1-2,4,8-9H,3,5-6H2. The summed E-state index contributed by atoms with van der Waals surface area (Å²) in [7, 11) is 0. The fourth-order valence-corrected chi connectivity index (χ4v) is 1.44. The van der Waals surface area contributed by atoms with E-state index in [1.54, 1.807) is 0 Å². The fourth-order valence-electron chi connectivity index (χ4n) is 1.44. The Morgan fingerprint density at radius 2 is 2.60 bits per heavy atom. The molecule has 2 heteroatoms. The monoisotopic (exact) mass is 135 g/mol. The highest BCUT2D eigenvalue weighted by molar-refractivity contribution is 5.25. The van der Waals surface area contributed by atoms with Crippen LogP contribution < -0.4 is 10.6 Å². The minimum Gasteiger partial charge on any atom is -0.313 e. The molecule has 1 saturated heterocycles. The molecule has 0 saturated carbocycles. The number of nitrogens with zero attached hydrogens (tertiary/aromatic N) is 1. The number of fused-ring (bicyclic) bond motifs is 1. The topological polar surface area (TPSA) is 26.1 Å². The summed E-state index contributed by atoms with van der Waals surface area (Å²) in [5, 5.41) is 7.68. The lowest BCUT2D eigenvalue weighted by Gasteiger charge is -2.26. The number of rotatable bonds is 0. The van der Waals surface area contributed by atoms with Crippen molar-refractivity contribution < 1.29 is 0 Å². The molecule has 2 rings (SSSR count). The Bertz CT molecular complexity index is 182. The van der Waals surface area contributed by atoms with E-state index >= 15 is 0 Å². The van der Waals surface area contributed by atoms with E-state index in [4.69, 9.17) is 0 Å². The maximum absolute atomic E-state index is 4.36. The van der Waals surface area contributed by atoms with Crippen LogP contribution in [-0.2, 0) is 0 Å². The zero-order valence-corrected chi connectivity index (χ0v) is 5.88. The average Bonchev–Trinajstić information content (AvgIpc) is 2.05. The van der Waals surface area contributed by atoms with Crippen molar-refractivity contribution in [2.24, 2.45) is 0 Å². The van der Waals surface area contributed by atoms with E-state index in [0.717, 1.165) is 19.5 Å². The molecule has 2 aliphatic heterocycles. The van der Waals surface area contributed by atoms with Crippen LogP contribution in [0.4, 0.5) is 0 Å². The highest BCUT2D eigenvalue weighted by Gasteiger charge is 2.18. The molecule has 0 aromatic carbocycles. The largest absolute Gasteiger partial charge is 0.313 e. The molecule has 0 bridgehead atoms. The summed E-state index contributed by atoms with van der Waals surface area (Å²) in [6, 6.07) is 0.492. The smallest absolute Gasteiger partial charge is 0.0736 e. The molecular formula is C8H11N2. The molecule has 2 aliphatic rings. The van der Waals surface area contributed by atoms with Crippen molar-refractivity contribution in [3.63, 3.8) is 0 Å². The van der Waals surface area contributed by atoms with Gasteiger partial charge in [0.1, 0.15) is 0 Å². The van der Waals surface area contributed by atoms with Gasteiger partial charge < -0.3 is 5.32 Å². The summed E-state index contributed by atoms with van der Waals surface area (Å²) in [6.45, 7) is 2.14. The van der Waals surface area contributed by atoms with Crippen LogP contribution in [0, 0.1) is 0 Å². The van der Waals surface area contributed by atoms with Crippen molar-refractivity contribution in [3.8, 4) is 0 Å². The highest BCUT2D eigenvalue weighted by atomic mass is 15.0. The molecule has 2 nitrogen and oxygen atoms in total. The molecule has 0 aliphatic carbocycles. The summed E-state index contributed by atoms with van der Waals surface area (Å²) >= 11 is 0. The minimum atomic E-state index is 0.492.